The average Bonchev–Trinajstić information content (AvgIpc) is 2.08. The molecule has 1 aromatic rings. The van der Waals surface area contributed by atoms with Crippen LogP contribution in [0.1, 0.15) is 10.4 Å². The van der Waals surface area contributed by atoms with E-state index in [4.69, 9.17) is 22.1 Å². The quantitative estimate of drug-likeness (QED) is 0.851. The fraction of sp³-hybridized carbons (Fsp3) is 0.125. The van der Waals surface area contributed by atoms with Crippen molar-refractivity contribution in [1.29, 1.82) is 0 Å². The van der Waals surface area contributed by atoms with Gasteiger partial charge in [-0.25, -0.2) is 0 Å². The molecule has 2 N–H and O–H groups in total. The van der Waals surface area contributed by atoms with Crippen molar-refractivity contribution in [2.45, 2.75) is 0 Å². The van der Waals surface area contributed by atoms with E-state index in [2.05, 4.69) is 15.9 Å². The van der Waals surface area contributed by atoms with Gasteiger partial charge in [0.15, 0.2) is 0 Å². The summed E-state index contributed by atoms with van der Waals surface area (Å²) in [4.78, 5) is 10.8. The number of hydrogen-bond donors (Lipinski definition) is 1. The smallest absolute Gasteiger partial charge is 0.250 e. The molecule has 1 aromatic carbocycles. The summed E-state index contributed by atoms with van der Waals surface area (Å²) >= 11 is 8.82. The van der Waals surface area contributed by atoms with Crippen molar-refractivity contribution in [3.63, 3.8) is 0 Å². The van der Waals surface area contributed by atoms with E-state index in [-0.39, 0.29) is 5.56 Å². The van der Waals surface area contributed by atoms with E-state index in [1.807, 2.05) is 0 Å². The minimum atomic E-state index is -0.565. The summed E-state index contributed by atoms with van der Waals surface area (Å²) < 4.78 is 5.10. The van der Waals surface area contributed by atoms with Gasteiger partial charge in [-0.05, 0) is 34.1 Å². The first-order valence-corrected chi connectivity index (χ1v) is 4.93. The Hall–Kier alpha value is -0.740. The molecule has 0 spiro atoms. The zero-order valence-corrected chi connectivity index (χ0v) is 8.93. The van der Waals surface area contributed by atoms with Gasteiger partial charge >= 0.3 is 0 Å². The highest BCUT2D eigenvalue weighted by atomic mass is 79.9. The van der Waals surface area contributed by atoms with Crippen LogP contribution in [0, 0.1) is 0 Å². The summed E-state index contributed by atoms with van der Waals surface area (Å²) in [6, 6.07) is 4.74. The molecule has 13 heavy (non-hydrogen) atoms. The first-order chi connectivity index (χ1) is 6.15. The molecule has 0 radical (unpaired) electrons. The van der Waals surface area contributed by atoms with E-state index in [0.29, 0.717) is 16.3 Å². The Morgan fingerprint density at radius 2 is 2.31 bits per heavy atom. The highest BCUT2D eigenvalue weighted by Crippen LogP contribution is 2.21. The van der Waals surface area contributed by atoms with E-state index >= 15 is 0 Å². The van der Waals surface area contributed by atoms with Crippen molar-refractivity contribution in [2.24, 2.45) is 5.73 Å². The Bertz CT molecular complexity index is 330. The van der Waals surface area contributed by atoms with Crippen LogP contribution in [-0.2, 0) is 0 Å². The highest BCUT2D eigenvalue weighted by molar-refractivity contribution is 9.09. The molecule has 0 aliphatic heterocycles. The summed E-state index contributed by atoms with van der Waals surface area (Å²) in [7, 11) is 0. The Morgan fingerprint density at radius 3 is 2.85 bits per heavy atom. The number of hydrogen-bond acceptors (Lipinski definition) is 2. The molecular weight excluding hydrogens is 257 g/mol. The van der Waals surface area contributed by atoms with E-state index in [1.165, 1.54) is 6.07 Å². The van der Waals surface area contributed by atoms with Gasteiger partial charge in [-0.15, -0.1) is 0 Å². The highest BCUT2D eigenvalue weighted by Gasteiger charge is 2.07. The molecule has 5 heteroatoms. The number of benzene rings is 1. The van der Waals surface area contributed by atoms with Crippen LogP contribution in [0.2, 0.25) is 5.02 Å². The molecule has 0 unspecified atom stereocenters. The summed E-state index contributed by atoms with van der Waals surface area (Å²) in [5.74, 6) is -0.0138. The van der Waals surface area contributed by atoms with Gasteiger partial charge in [0, 0.05) is 0 Å². The summed E-state index contributed by atoms with van der Waals surface area (Å²) in [5.41, 5.74) is 5.71. The first kappa shape index (κ1) is 10.3. The van der Waals surface area contributed by atoms with Gasteiger partial charge in [0.25, 0.3) is 0 Å². The maximum Gasteiger partial charge on any atom is 0.250 e. The van der Waals surface area contributed by atoms with Crippen molar-refractivity contribution in [2.75, 3.05) is 5.52 Å². The third-order valence-corrected chi connectivity index (χ3v) is 1.98. The van der Waals surface area contributed by atoms with Crippen LogP contribution < -0.4 is 10.5 Å². The number of nitrogens with two attached hydrogens (primary N) is 1. The molecule has 0 bridgehead atoms. The molecule has 0 fully saturated rings. The second-order valence-corrected chi connectivity index (χ2v) is 3.12. The molecule has 70 valence electrons. The first-order valence-electron chi connectivity index (χ1n) is 3.43. The number of carbonyl (C=O) groups is 1. The number of carbonyl (C=O) groups excluding carboxylic acids is 1. The molecule has 0 aromatic heterocycles. The third-order valence-electron chi connectivity index (χ3n) is 1.42. The molecule has 0 aliphatic rings. The fourth-order valence-corrected chi connectivity index (χ4v) is 1.32. The maximum atomic E-state index is 10.8. The standard InChI is InChI=1S/C8H7BrClNO2/c9-4-13-5-1-2-7(10)6(3-5)8(11)12/h1-3H,4H2,(H2,11,12). The van der Waals surface area contributed by atoms with E-state index < -0.39 is 5.91 Å². The summed E-state index contributed by atoms with van der Waals surface area (Å²) in [6.45, 7) is 0. The number of primary amides is 1. The lowest BCUT2D eigenvalue weighted by Crippen LogP contribution is -2.11. The monoisotopic (exact) mass is 263 g/mol. The van der Waals surface area contributed by atoms with E-state index in [0.717, 1.165) is 0 Å². The van der Waals surface area contributed by atoms with Crippen LogP contribution in [-0.4, -0.2) is 11.4 Å². The van der Waals surface area contributed by atoms with Crippen molar-refractivity contribution < 1.29 is 9.53 Å². The van der Waals surface area contributed by atoms with Crippen LogP contribution in [0.4, 0.5) is 0 Å². The normalized spacial score (nSPS) is 9.69. The van der Waals surface area contributed by atoms with Gasteiger partial charge < -0.3 is 10.5 Å². The van der Waals surface area contributed by atoms with Crippen LogP contribution in [0.25, 0.3) is 0 Å². The molecule has 1 amide bonds. The lowest BCUT2D eigenvalue weighted by atomic mass is 10.2. The minimum Gasteiger partial charge on any atom is -0.482 e. The number of amides is 1. The zero-order valence-electron chi connectivity index (χ0n) is 6.59. The van der Waals surface area contributed by atoms with Crippen LogP contribution >= 0.6 is 27.5 Å². The molecular formula is C8H7BrClNO2. The van der Waals surface area contributed by atoms with Gasteiger partial charge in [-0.2, -0.15) is 0 Å². The molecule has 0 aliphatic carbocycles. The lowest BCUT2D eigenvalue weighted by Gasteiger charge is -2.04. The van der Waals surface area contributed by atoms with Crippen LogP contribution in [0.3, 0.4) is 0 Å². The minimum absolute atomic E-state index is 0.264. The van der Waals surface area contributed by atoms with E-state index in [9.17, 15) is 4.79 Å². The van der Waals surface area contributed by atoms with Crippen LogP contribution in [0.5, 0.6) is 5.75 Å². The largest absolute Gasteiger partial charge is 0.482 e. The topological polar surface area (TPSA) is 52.3 Å². The molecule has 3 nitrogen and oxygen atoms in total. The SMILES string of the molecule is NC(=O)c1cc(OCBr)ccc1Cl. The molecule has 1 rings (SSSR count). The van der Waals surface area contributed by atoms with Crippen molar-refractivity contribution in [3.05, 3.63) is 28.8 Å². The van der Waals surface area contributed by atoms with Gasteiger partial charge in [0.1, 0.15) is 11.3 Å². The zero-order chi connectivity index (χ0) is 9.84. The van der Waals surface area contributed by atoms with Gasteiger partial charge in [0.05, 0.1) is 10.6 Å². The molecule has 0 heterocycles. The van der Waals surface area contributed by atoms with Gasteiger partial charge in [-0.3, -0.25) is 4.79 Å². The molecule has 0 saturated heterocycles. The second kappa shape index (κ2) is 4.48. The Labute approximate surface area is 88.9 Å². The predicted molar refractivity (Wildman–Crippen MR) is 54.4 cm³/mol. The Kier molecular flexibility index (Phi) is 3.57. The third kappa shape index (κ3) is 2.60. The van der Waals surface area contributed by atoms with Gasteiger partial charge in [-0.1, -0.05) is 11.6 Å². The Balaban J connectivity index is 3.04. The number of ether oxygens (including phenoxy) is 1. The van der Waals surface area contributed by atoms with Gasteiger partial charge in [0.2, 0.25) is 5.91 Å². The van der Waals surface area contributed by atoms with E-state index in [1.54, 1.807) is 12.1 Å². The average molecular weight is 265 g/mol. The number of rotatable bonds is 3. The number of halogens is 2. The predicted octanol–water partition coefficient (Wildman–Crippen LogP) is 2.17. The van der Waals surface area contributed by atoms with Crippen LogP contribution in [0.15, 0.2) is 18.2 Å². The Morgan fingerprint density at radius 1 is 1.62 bits per heavy atom. The second-order valence-electron chi connectivity index (χ2n) is 2.26. The summed E-state index contributed by atoms with van der Waals surface area (Å²) in [6.07, 6.45) is 0. The van der Waals surface area contributed by atoms with Crippen molar-refractivity contribution in [3.8, 4) is 5.75 Å². The maximum absolute atomic E-state index is 10.8. The summed E-state index contributed by atoms with van der Waals surface area (Å²) in [5, 5.41) is 0.328. The van der Waals surface area contributed by atoms with Crippen molar-refractivity contribution in [1.82, 2.24) is 0 Å². The van der Waals surface area contributed by atoms with Crippen molar-refractivity contribution >= 4 is 33.4 Å². The molecule has 0 atom stereocenters. The fourth-order valence-electron chi connectivity index (χ4n) is 0.846. The number of alkyl halides is 1. The lowest BCUT2D eigenvalue weighted by molar-refractivity contribution is 0.1000. The molecule has 0 saturated carbocycles.